The van der Waals surface area contributed by atoms with E-state index in [-0.39, 0.29) is 22.2 Å². The lowest BCUT2D eigenvalue weighted by atomic mass is 10.0. The molecule has 4 heterocycles. The van der Waals surface area contributed by atoms with E-state index in [1.54, 1.807) is 37.4 Å². The standard InChI is InChI=1S/C20H18N5O3/c1-2-17(26)15-9-23-10-16-19(27)24(20(28)25(15,16)11-23)14-6-5-12(8-21)18-13(14)4-3-7-22-18/h3-7,15-16H,2,9-11H2,1H3/q+1. The fraction of sp³-hybridized carbons (Fsp3) is 0.350. The second kappa shape index (κ2) is 5.67. The maximum absolute atomic E-state index is 13.6. The number of fused-ring (bicyclic) bond motifs is 2. The van der Waals surface area contributed by atoms with Crippen LogP contribution in [0.4, 0.5) is 10.5 Å². The van der Waals surface area contributed by atoms with Crippen molar-refractivity contribution in [2.24, 2.45) is 0 Å². The van der Waals surface area contributed by atoms with Crippen molar-refractivity contribution in [1.29, 1.82) is 5.26 Å². The van der Waals surface area contributed by atoms with Crippen molar-refractivity contribution >= 4 is 34.3 Å². The molecular weight excluding hydrogens is 358 g/mol. The lowest BCUT2D eigenvalue weighted by Crippen LogP contribution is -2.62. The van der Waals surface area contributed by atoms with Gasteiger partial charge in [-0.1, -0.05) is 6.92 Å². The van der Waals surface area contributed by atoms with Gasteiger partial charge < -0.3 is 0 Å². The quantitative estimate of drug-likeness (QED) is 0.594. The Morgan fingerprint density at radius 3 is 2.89 bits per heavy atom. The highest BCUT2D eigenvalue weighted by molar-refractivity contribution is 6.22. The molecule has 2 aromatic rings. The van der Waals surface area contributed by atoms with Gasteiger partial charge >= 0.3 is 6.03 Å². The number of amides is 3. The summed E-state index contributed by atoms with van der Waals surface area (Å²) in [5.41, 5.74) is 1.27. The Labute approximate surface area is 161 Å². The van der Waals surface area contributed by atoms with E-state index in [0.717, 1.165) is 0 Å². The van der Waals surface area contributed by atoms with Crippen molar-refractivity contribution in [2.45, 2.75) is 25.4 Å². The molecule has 3 amide bonds. The third-order valence-electron chi connectivity index (χ3n) is 6.29. The molecule has 8 heteroatoms. The number of nitrogens with zero attached hydrogens (tertiary/aromatic N) is 5. The van der Waals surface area contributed by atoms with Crippen LogP contribution in [0.1, 0.15) is 18.9 Å². The Morgan fingerprint density at radius 2 is 2.14 bits per heavy atom. The molecule has 1 aromatic heterocycles. The van der Waals surface area contributed by atoms with Crippen LogP contribution in [-0.4, -0.2) is 63.9 Å². The summed E-state index contributed by atoms with van der Waals surface area (Å²) in [7, 11) is 0. The Balaban J connectivity index is 1.67. The fourth-order valence-corrected chi connectivity index (χ4v) is 5.01. The predicted molar refractivity (Wildman–Crippen MR) is 98.9 cm³/mol. The van der Waals surface area contributed by atoms with E-state index in [0.29, 0.717) is 48.3 Å². The Hall–Kier alpha value is -3.15. The number of pyridine rings is 1. The first kappa shape index (κ1) is 17.0. The molecule has 28 heavy (non-hydrogen) atoms. The molecule has 4 unspecified atom stereocenters. The van der Waals surface area contributed by atoms with Crippen LogP contribution >= 0.6 is 0 Å². The second-order valence-corrected chi connectivity index (χ2v) is 7.56. The van der Waals surface area contributed by atoms with Crippen molar-refractivity contribution in [3.05, 3.63) is 36.0 Å². The first-order valence-electron chi connectivity index (χ1n) is 9.31. The minimum atomic E-state index is -0.552. The Kier molecular flexibility index (Phi) is 3.44. The van der Waals surface area contributed by atoms with Gasteiger partial charge in [-0.15, -0.1) is 0 Å². The molecule has 1 aromatic carbocycles. The first-order chi connectivity index (χ1) is 13.5. The molecule has 3 saturated heterocycles. The van der Waals surface area contributed by atoms with Crippen LogP contribution in [0.5, 0.6) is 0 Å². The minimum Gasteiger partial charge on any atom is -0.293 e. The summed E-state index contributed by atoms with van der Waals surface area (Å²) in [5, 5.41) is 9.93. The molecule has 3 fully saturated rings. The minimum absolute atomic E-state index is 0.0153. The average Bonchev–Trinajstić information content (AvgIpc) is 3.35. The van der Waals surface area contributed by atoms with Crippen LogP contribution in [-0.2, 0) is 9.59 Å². The molecule has 3 aliphatic heterocycles. The number of hydrogen-bond donors (Lipinski definition) is 0. The molecular formula is C20H18N5O3+. The van der Waals surface area contributed by atoms with E-state index < -0.39 is 12.1 Å². The molecule has 5 rings (SSSR count). The number of imide groups is 1. The van der Waals surface area contributed by atoms with Gasteiger partial charge in [0.05, 0.1) is 29.9 Å². The van der Waals surface area contributed by atoms with Crippen LogP contribution in [0.2, 0.25) is 0 Å². The van der Waals surface area contributed by atoms with Crippen molar-refractivity contribution in [1.82, 2.24) is 9.88 Å². The SMILES string of the molecule is CCC(=O)C1CN2CC3C(=O)N(c4ccc(C#N)c5ncccc45)C(=O)[N+]13C2. The molecule has 8 nitrogen and oxygen atoms in total. The maximum atomic E-state index is 13.6. The summed E-state index contributed by atoms with van der Waals surface area (Å²) in [5.74, 6) is -0.266. The van der Waals surface area contributed by atoms with E-state index in [1.807, 2.05) is 4.90 Å². The summed E-state index contributed by atoms with van der Waals surface area (Å²) in [6, 6.07) is 7.39. The van der Waals surface area contributed by atoms with Gasteiger partial charge in [0, 0.05) is 18.0 Å². The smallest absolute Gasteiger partial charge is 0.293 e. The van der Waals surface area contributed by atoms with Gasteiger partial charge in [0.15, 0.2) is 17.9 Å². The summed E-state index contributed by atoms with van der Waals surface area (Å²) in [4.78, 5) is 47.0. The Morgan fingerprint density at radius 1 is 1.32 bits per heavy atom. The second-order valence-electron chi connectivity index (χ2n) is 7.56. The summed E-state index contributed by atoms with van der Waals surface area (Å²) < 4.78 is -0.118. The Bertz CT molecular complexity index is 1110. The summed E-state index contributed by atoms with van der Waals surface area (Å²) >= 11 is 0. The van der Waals surface area contributed by atoms with Crippen LogP contribution in [0.25, 0.3) is 10.9 Å². The van der Waals surface area contributed by atoms with Crippen molar-refractivity contribution in [3.8, 4) is 6.07 Å². The normalized spacial score (nSPS) is 30.7. The van der Waals surface area contributed by atoms with Crippen molar-refractivity contribution < 1.29 is 18.9 Å². The van der Waals surface area contributed by atoms with Gasteiger partial charge in [0.1, 0.15) is 12.7 Å². The molecule has 2 bridgehead atoms. The molecule has 140 valence electrons. The van der Waals surface area contributed by atoms with E-state index in [9.17, 15) is 19.6 Å². The van der Waals surface area contributed by atoms with Crippen LogP contribution in [0.15, 0.2) is 30.5 Å². The fourth-order valence-electron chi connectivity index (χ4n) is 5.01. The molecule has 1 spiro atoms. The maximum Gasteiger partial charge on any atom is 0.433 e. The van der Waals surface area contributed by atoms with E-state index in [1.165, 1.54) is 4.90 Å². The number of benzene rings is 1. The number of rotatable bonds is 3. The number of carbonyl (C=O) groups is 3. The number of urea groups is 1. The third-order valence-corrected chi connectivity index (χ3v) is 6.29. The van der Waals surface area contributed by atoms with E-state index in [4.69, 9.17) is 0 Å². The lowest BCUT2D eigenvalue weighted by molar-refractivity contribution is -0.852. The number of nitriles is 1. The zero-order valence-corrected chi connectivity index (χ0v) is 15.3. The molecule has 3 aliphatic rings. The van der Waals surface area contributed by atoms with Gasteiger partial charge in [-0.25, -0.2) is 14.2 Å². The van der Waals surface area contributed by atoms with Gasteiger partial charge in [-0.3, -0.25) is 14.6 Å². The number of anilines is 1. The number of piperazine rings is 1. The van der Waals surface area contributed by atoms with Gasteiger partial charge in [-0.05, 0) is 24.3 Å². The van der Waals surface area contributed by atoms with E-state index in [2.05, 4.69) is 11.1 Å². The van der Waals surface area contributed by atoms with Gasteiger partial charge in [0.25, 0.3) is 5.91 Å². The van der Waals surface area contributed by atoms with Crippen LogP contribution < -0.4 is 4.90 Å². The molecule has 0 aliphatic carbocycles. The zero-order valence-electron chi connectivity index (χ0n) is 15.3. The van der Waals surface area contributed by atoms with Gasteiger partial charge in [-0.2, -0.15) is 10.2 Å². The van der Waals surface area contributed by atoms with Crippen molar-refractivity contribution in [3.63, 3.8) is 0 Å². The average molecular weight is 376 g/mol. The lowest BCUT2D eigenvalue weighted by Gasteiger charge is -2.32. The molecule has 0 N–H and O–H groups in total. The summed E-state index contributed by atoms with van der Waals surface area (Å²) in [6.07, 6.45) is 1.92. The molecule has 0 saturated carbocycles. The topological polar surface area (TPSA) is 94.4 Å². The van der Waals surface area contributed by atoms with Crippen molar-refractivity contribution in [2.75, 3.05) is 24.7 Å². The zero-order chi connectivity index (χ0) is 19.6. The van der Waals surface area contributed by atoms with Crippen LogP contribution in [0, 0.1) is 11.3 Å². The van der Waals surface area contributed by atoms with E-state index >= 15 is 0 Å². The summed E-state index contributed by atoms with van der Waals surface area (Å²) in [6.45, 7) is 3.19. The number of aromatic nitrogens is 1. The number of hydrogen-bond acceptors (Lipinski definition) is 6. The molecule has 0 radical (unpaired) electrons. The van der Waals surface area contributed by atoms with Crippen LogP contribution in [0.3, 0.4) is 0 Å². The number of carbonyl (C=O) groups excluding carboxylic acids is 3. The van der Waals surface area contributed by atoms with Gasteiger partial charge in [0.2, 0.25) is 0 Å². The number of ketones is 1. The first-order valence-corrected chi connectivity index (χ1v) is 9.31. The largest absolute Gasteiger partial charge is 0.433 e. The predicted octanol–water partition coefficient (Wildman–Crippen LogP) is 1.39. The highest BCUT2D eigenvalue weighted by Crippen LogP contribution is 2.45. The highest BCUT2D eigenvalue weighted by atomic mass is 16.2. The number of Topliss-reactive ketones (excluding diaryl/α,β-unsaturated/α-hetero) is 1. The molecule has 4 atom stereocenters. The highest BCUT2D eigenvalue weighted by Gasteiger charge is 2.73. The monoisotopic (exact) mass is 376 g/mol. The third kappa shape index (κ3) is 1.90. The number of quaternary nitrogens is 1.